The molecule has 0 aliphatic carbocycles. The Morgan fingerprint density at radius 1 is 1.29 bits per heavy atom. The van der Waals surface area contributed by atoms with E-state index in [1.54, 1.807) is 5.06 Å². The third-order valence-corrected chi connectivity index (χ3v) is 2.94. The molecule has 0 aromatic carbocycles. The van der Waals surface area contributed by atoms with Crippen LogP contribution in [0.15, 0.2) is 0 Å². The number of hydrogen-bond acceptors (Lipinski definition) is 3. The minimum atomic E-state index is 0.189. The molecule has 0 radical (unpaired) electrons. The van der Waals surface area contributed by atoms with Crippen molar-refractivity contribution in [1.82, 2.24) is 10.4 Å². The molecule has 80 valence electrons. The van der Waals surface area contributed by atoms with Crippen LogP contribution >= 0.6 is 0 Å². The highest BCUT2D eigenvalue weighted by Crippen LogP contribution is 2.17. The van der Waals surface area contributed by atoms with Crippen LogP contribution in [0, 0.1) is 5.92 Å². The van der Waals surface area contributed by atoms with E-state index in [4.69, 9.17) is 4.84 Å². The molecule has 2 rings (SSSR count). The Morgan fingerprint density at radius 3 is 2.71 bits per heavy atom. The lowest BCUT2D eigenvalue weighted by atomic mass is 9.97. The zero-order chi connectivity index (χ0) is 9.80. The first-order valence-corrected chi connectivity index (χ1v) is 5.53. The molecule has 0 aromatic rings. The van der Waals surface area contributed by atoms with Crippen LogP contribution in [-0.4, -0.2) is 37.2 Å². The molecular weight excluding hydrogens is 180 g/mol. The largest absolute Gasteiger partial charge is 0.317 e. The van der Waals surface area contributed by atoms with Gasteiger partial charge < -0.3 is 5.32 Å². The maximum absolute atomic E-state index is 11.9. The Balaban J connectivity index is 1.85. The fourth-order valence-electron chi connectivity index (χ4n) is 2.04. The average Bonchev–Trinajstić information content (AvgIpc) is 2.30. The summed E-state index contributed by atoms with van der Waals surface area (Å²) < 4.78 is 0. The summed E-state index contributed by atoms with van der Waals surface area (Å²) in [4.78, 5) is 17.3. The first-order chi connectivity index (χ1) is 6.88. The predicted octanol–water partition coefficient (Wildman–Crippen LogP) is 0.540. The van der Waals surface area contributed by atoms with Crippen molar-refractivity contribution in [3.05, 3.63) is 0 Å². The lowest BCUT2D eigenvalue weighted by Crippen LogP contribution is -2.43. The normalized spacial score (nSPS) is 25.0. The maximum atomic E-state index is 11.9. The summed E-state index contributed by atoms with van der Waals surface area (Å²) in [6.45, 7) is 3.41. The van der Waals surface area contributed by atoms with Gasteiger partial charge in [-0.1, -0.05) is 0 Å². The summed E-state index contributed by atoms with van der Waals surface area (Å²) in [6, 6.07) is 0. The Kier molecular flexibility index (Phi) is 3.37. The topological polar surface area (TPSA) is 41.6 Å². The Morgan fingerprint density at radius 2 is 2.07 bits per heavy atom. The van der Waals surface area contributed by atoms with Crippen LogP contribution in [0.1, 0.15) is 25.7 Å². The van der Waals surface area contributed by atoms with Crippen molar-refractivity contribution in [2.24, 2.45) is 5.92 Å². The van der Waals surface area contributed by atoms with Gasteiger partial charge in [-0.05, 0) is 38.8 Å². The van der Waals surface area contributed by atoms with E-state index in [1.165, 1.54) is 0 Å². The predicted molar refractivity (Wildman–Crippen MR) is 52.5 cm³/mol. The highest BCUT2D eigenvalue weighted by atomic mass is 16.7. The number of hydroxylamine groups is 2. The van der Waals surface area contributed by atoms with Gasteiger partial charge in [-0.3, -0.25) is 9.63 Å². The summed E-state index contributed by atoms with van der Waals surface area (Å²) in [5.41, 5.74) is 0. The fraction of sp³-hybridized carbons (Fsp3) is 0.900. The van der Waals surface area contributed by atoms with Gasteiger partial charge in [0.05, 0.1) is 6.61 Å². The number of hydrogen-bond donors (Lipinski definition) is 1. The van der Waals surface area contributed by atoms with E-state index in [2.05, 4.69) is 5.32 Å². The summed E-state index contributed by atoms with van der Waals surface area (Å²) in [6.07, 6.45) is 4.07. The number of nitrogens with zero attached hydrogens (tertiary/aromatic N) is 1. The van der Waals surface area contributed by atoms with Crippen molar-refractivity contribution < 1.29 is 9.63 Å². The molecule has 4 heteroatoms. The molecule has 0 saturated carbocycles. The summed E-state index contributed by atoms with van der Waals surface area (Å²) in [7, 11) is 0. The first kappa shape index (κ1) is 9.93. The molecule has 1 N–H and O–H groups in total. The van der Waals surface area contributed by atoms with Crippen LogP contribution in [0.3, 0.4) is 0 Å². The van der Waals surface area contributed by atoms with Crippen molar-refractivity contribution in [2.45, 2.75) is 25.7 Å². The number of carbonyl (C=O) groups excluding carboxylic acids is 1. The summed E-state index contributed by atoms with van der Waals surface area (Å²) in [5, 5.41) is 4.84. The number of amides is 1. The van der Waals surface area contributed by atoms with Crippen LogP contribution in [0.5, 0.6) is 0 Å². The van der Waals surface area contributed by atoms with Crippen molar-refractivity contribution >= 4 is 5.91 Å². The molecule has 1 amide bonds. The van der Waals surface area contributed by atoms with Gasteiger partial charge in [0.25, 0.3) is 0 Å². The van der Waals surface area contributed by atoms with E-state index < -0.39 is 0 Å². The van der Waals surface area contributed by atoms with Gasteiger partial charge in [0.1, 0.15) is 0 Å². The zero-order valence-corrected chi connectivity index (χ0v) is 8.50. The van der Waals surface area contributed by atoms with Crippen molar-refractivity contribution in [1.29, 1.82) is 0 Å². The minimum absolute atomic E-state index is 0.189. The highest BCUT2D eigenvalue weighted by molar-refractivity contribution is 5.78. The number of carbonyl (C=O) groups is 1. The Hall–Kier alpha value is -0.610. The highest BCUT2D eigenvalue weighted by Gasteiger charge is 2.27. The molecule has 2 saturated heterocycles. The smallest absolute Gasteiger partial charge is 0.249 e. The molecule has 0 unspecified atom stereocenters. The van der Waals surface area contributed by atoms with Gasteiger partial charge in [-0.2, -0.15) is 0 Å². The second kappa shape index (κ2) is 4.75. The third-order valence-electron chi connectivity index (χ3n) is 2.94. The molecule has 0 bridgehead atoms. The number of piperidine rings is 1. The standard InChI is InChI=1S/C10H18N2O2/c13-10(9-3-5-11-6-4-9)12-7-1-2-8-14-12/h9,11H,1-8H2. The summed E-state index contributed by atoms with van der Waals surface area (Å²) in [5.74, 6) is 0.389. The second-order valence-corrected chi connectivity index (χ2v) is 4.00. The van der Waals surface area contributed by atoms with Crippen LogP contribution in [0.2, 0.25) is 0 Å². The minimum Gasteiger partial charge on any atom is -0.317 e. The Bertz CT molecular complexity index is 176. The van der Waals surface area contributed by atoms with Crippen LogP contribution in [-0.2, 0) is 9.63 Å². The van der Waals surface area contributed by atoms with E-state index in [0.29, 0.717) is 6.61 Å². The Labute approximate surface area is 84.6 Å². The van der Waals surface area contributed by atoms with Crippen molar-refractivity contribution in [3.8, 4) is 0 Å². The monoisotopic (exact) mass is 198 g/mol. The van der Waals surface area contributed by atoms with E-state index in [0.717, 1.165) is 45.3 Å². The molecule has 2 aliphatic rings. The zero-order valence-electron chi connectivity index (χ0n) is 8.50. The van der Waals surface area contributed by atoms with Gasteiger partial charge in [0.15, 0.2) is 0 Å². The average molecular weight is 198 g/mol. The van der Waals surface area contributed by atoms with E-state index in [9.17, 15) is 4.79 Å². The second-order valence-electron chi connectivity index (χ2n) is 4.00. The molecule has 2 aliphatic heterocycles. The van der Waals surface area contributed by atoms with E-state index in [1.807, 2.05) is 0 Å². The molecule has 14 heavy (non-hydrogen) atoms. The quantitative estimate of drug-likeness (QED) is 0.668. The molecule has 2 fully saturated rings. The van der Waals surface area contributed by atoms with Crippen molar-refractivity contribution in [3.63, 3.8) is 0 Å². The third kappa shape index (κ3) is 2.25. The number of rotatable bonds is 1. The maximum Gasteiger partial charge on any atom is 0.249 e. The number of nitrogens with one attached hydrogen (secondary N) is 1. The molecular formula is C10H18N2O2. The van der Waals surface area contributed by atoms with Gasteiger partial charge in [0.2, 0.25) is 5.91 Å². The SMILES string of the molecule is O=C(C1CCNCC1)N1CCCCO1. The van der Waals surface area contributed by atoms with Gasteiger partial charge in [-0.25, -0.2) is 5.06 Å². The van der Waals surface area contributed by atoms with Crippen LogP contribution in [0.4, 0.5) is 0 Å². The van der Waals surface area contributed by atoms with Gasteiger partial charge >= 0.3 is 0 Å². The lowest BCUT2D eigenvalue weighted by molar-refractivity contribution is -0.201. The molecule has 0 spiro atoms. The fourth-order valence-corrected chi connectivity index (χ4v) is 2.04. The summed E-state index contributed by atoms with van der Waals surface area (Å²) >= 11 is 0. The van der Waals surface area contributed by atoms with Crippen molar-refractivity contribution in [2.75, 3.05) is 26.2 Å². The van der Waals surface area contributed by atoms with Crippen LogP contribution < -0.4 is 5.32 Å². The van der Waals surface area contributed by atoms with Crippen LogP contribution in [0.25, 0.3) is 0 Å². The molecule has 2 heterocycles. The molecule has 4 nitrogen and oxygen atoms in total. The van der Waals surface area contributed by atoms with Gasteiger partial charge in [-0.15, -0.1) is 0 Å². The van der Waals surface area contributed by atoms with Gasteiger partial charge in [0, 0.05) is 12.5 Å². The lowest BCUT2D eigenvalue weighted by Gasteiger charge is -2.31. The first-order valence-electron chi connectivity index (χ1n) is 5.53. The van der Waals surface area contributed by atoms with E-state index in [-0.39, 0.29) is 11.8 Å². The molecule has 0 aromatic heterocycles. The molecule has 0 atom stereocenters. The van der Waals surface area contributed by atoms with E-state index >= 15 is 0 Å².